The Balaban J connectivity index is 1.42. The van der Waals surface area contributed by atoms with Gasteiger partial charge < -0.3 is 10.2 Å². The predicted octanol–water partition coefficient (Wildman–Crippen LogP) is 3.66. The van der Waals surface area contributed by atoms with Crippen molar-refractivity contribution >= 4 is 22.9 Å². The number of likely N-dealkylation sites (tertiary alicyclic amines) is 1. The fraction of sp³-hybridized carbons (Fsp3) is 0.643. The van der Waals surface area contributed by atoms with E-state index in [0.717, 1.165) is 0 Å². The largest absolute Gasteiger partial charge is 0.390 e. The van der Waals surface area contributed by atoms with Crippen molar-refractivity contribution in [2.24, 2.45) is 34.0 Å². The van der Waals surface area contributed by atoms with Gasteiger partial charge in [0.15, 0.2) is 17.2 Å². The summed E-state index contributed by atoms with van der Waals surface area (Å²) in [5.41, 5.74) is -5.18. The smallest absolute Gasteiger partial charge is 0.178 e. The van der Waals surface area contributed by atoms with Crippen LogP contribution in [0, 0.1) is 34.0 Å². The van der Waals surface area contributed by atoms with Gasteiger partial charge >= 0.3 is 0 Å². The Morgan fingerprint density at radius 3 is 2.75 bits per heavy atom. The van der Waals surface area contributed by atoms with Gasteiger partial charge in [0.25, 0.3) is 0 Å². The van der Waals surface area contributed by atoms with E-state index in [1.165, 1.54) is 23.1 Å². The van der Waals surface area contributed by atoms with Crippen molar-refractivity contribution in [2.45, 2.75) is 57.6 Å². The van der Waals surface area contributed by atoms with E-state index in [4.69, 9.17) is 0 Å². The Hall–Kier alpha value is -1.74. The minimum absolute atomic E-state index is 0.0569. The van der Waals surface area contributed by atoms with Gasteiger partial charge in [-0.1, -0.05) is 19.1 Å². The molecule has 9 atom stereocenters. The number of carbonyl (C=O) groups excluding carboxylic acids is 2. The molecule has 8 heteroatoms. The molecule has 2 N–H and O–H groups in total. The molecule has 2 heterocycles. The van der Waals surface area contributed by atoms with E-state index in [2.05, 4.69) is 11.0 Å². The van der Waals surface area contributed by atoms with Gasteiger partial charge in [0.05, 0.1) is 11.5 Å². The average molecular weight is 518 g/mol. The zero-order chi connectivity index (χ0) is 25.7. The quantitative estimate of drug-likeness (QED) is 0.638. The molecule has 5 nitrogen and oxygen atoms in total. The maximum absolute atomic E-state index is 17.4. The summed E-state index contributed by atoms with van der Waals surface area (Å²) in [5.74, 6) is -1.85. The highest BCUT2D eigenvalue weighted by atomic mass is 32.1. The van der Waals surface area contributed by atoms with Crippen LogP contribution in [0.15, 0.2) is 41.3 Å². The van der Waals surface area contributed by atoms with E-state index in [9.17, 15) is 19.8 Å². The molecule has 0 bridgehead atoms. The summed E-state index contributed by atoms with van der Waals surface area (Å²) in [6.07, 6.45) is 1.49. The first-order valence-electron chi connectivity index (χ1n) is 12.9. The molecular formula is C28H33F2NO4S. The number of carbonyl (C=O) groups is 2. The molecule has 3 saturated carbocycles. The molecule has 0 spiro atoms. The van der Waals surface area contributed by atoms with Crippen LogP contribution in [-0.2, 0) is 16.1 Å². The van der Waals surface area contributed by atoms with Crippen molar-refractivity contribution in [2.75, 3.05) is 19.7 Å². The van der Waals surface area contributed by atoms with Gasteiger partial charge in [-0.2, -0.15) is 0 Å². The number of halogens is 2. The molecule has 0 unspecified atom stereocenters. The highest BCUT2D eigenvalue weighted by Crippen LogP contribution is 2.74. The average Bonchev–Trinajstić information content (AvgIpc) is 3.53. The van der Waals surface area contributed by atoms with Crippen molar-refractivity contribution in [1.82, 2.24) is 4.90 Å². The molecule has 1 aliphatic heterocycles. The van der Waals surface area contributed by atoms with E-state index in [0.29, 0.717) is 26.1 Å². The lowest BCUT2D eigenvalue weighted by Crippen LogP contribution is -2.69. The molecule has 4 aliphatic carbocycles. The van der Waals surface area contributed by atoms with Crippen LogP contribution in [0.4, 0.5) is 8.78 Å². The topological polar surface area (TPSA) is 77.8 Å². The standard InChI is InChI=1S/C28H33F2NO4S/c1-25-6-5-17(33)9-21(25)22(29)10-20-19-8-16-12-31(13-18-4-3-7-36-18)15-27(16,24(35)14-32)26(19,2)11-23(34)28(20,25)30/h3-7,9,16,19-20,22-23,32,34H,8,10-15H2,1-2H3/t16-,19-,20-,22-,23-,25-,26-,27+,28-/m0/s1. The minimum atomic E-state index is -2.15. The van der Waals surface area contributed by atoms with Crippen LogP contribution in [-0.4, -0.2) is 64.3 Å². The molecule has 0 radical (unpaired) electrons. The number of aliphatic hydroxyl groups excluding tert-OH is 2. The highest BCUT2D eigenvalue weighted by Gasteiger charge is 2.78. The van der Waals surface area contributed by atoms with Crippen LogP contribution in [0.25, 0.3) is 0 Å². The zero-order valence-corrected chi connectivity index (χ0v) is 21.4. The monoisotopic (exact) mass is 517 g/mol. The Morgan fingerprint density at radius 1 is 1.28 bits per heavy atom. The Kier molecular flexibility index (Phi) is 5.38. The van der Waals surface area contributed by atoms with Crippen LogP contribution < -0.4 is 0 Å². The molecule has 1 aromatic heterocycles. The lowest BCUT2D eigenvalue weighted by Gasteiger charge is -2.63. The number of nitrogens with zero attached hydrogens (tertiary/aromatic N) is 1. The van der Waals surface area contributed by atoms with E-state index < -0.39 is 46.7 Å². The summed E-state index contributed by atoms with van der Waals surface area (Å²) in [4.78, 5) is 29.0. The number of fused-ring (bicyclic) bond motifs is 7. The van der Waals surface area contributed by atoms with Gasteiger partial charge in [-0.05, 0) is 72.6 Å². The number of alkyl halides is 2. The van der Waals surface area contributed by atoms with E-state index in [1.54, 1.807) is 18.3 Å². The number of allylic oxidation sites excluding steroid dienone is 4. The lowest BCUT2D eigenvalue weighted by molar-refractivity contribution is -0.212. The Bertz CT molecular complexity index is 1170. The Labute approximate surface area is 213 Å². The third kappa shape index (κ3) is 2.85. The van der Waals surface area contributed by atoms with Crippen LogP contribution in [0.3, 0.4) is 0 Å². The number of ketones is 2. The highest BCUT2D eigenvalue weighted by molar-refractivity contribution is 7.09. The predicted molar refractivity (Wildman–Crippen MR) is 132 cm³/mol. The maximum atomic E-state index is 17.4. The molecule has 36 heavy (non-hydrogen) atoms. The Morgan fingerprint density at radius 2 is 2.06 bits per heavy atom. The van der Waals surface area contributed by atoms with Crippen LogP contribution in [0.5, 0.6) is 0 Å². The maximum Gasteiger partial charge on any atom is 0.178 e. The first kappa shape index (κ1) is 24.6. The van der Waals surface area contributed by atoms with Gasteiger partial charge in [-0.15, -0.1) is 11.3 Å². The number of rotatable bonds is 4. The van der Waals surface area contributed by atoms with Crippen molar-refractivity contribution in [3.05, 3.63) is 46.2 Å². The third-order valence-corrected chi connectivity index (χ3v) is 11.7. The number of thiophene rings is 1. The van der Waals surface area contributed by atoms with Crippen molar-refractivity contribution < 1.29 is 28.6 Å². The van der Waals surface area contributed by atoms with Gasteiger partial charge in [-0.3, -0.25) is 14.5 Å². The molecule has 4 fully saturated rings. The zero-order valence-electron chi connectivity index (χ0n) is 20.6. The van der Waals surface area contributed by atoms with Crippen LogP contribution >= 0.6 is 11.3 Å². The summed E-state index contributed by atoms with van der Waals surface area (Å²) in [7, 11) is 0. The fourth-order valence-electron chi connectivity index (χ4n) is 9.26. The lowest BCUT2D eigenvalue weighted by atomic mass is 9.43. The number of hydrogen-bond donors (Lipinski definition) is 2. The van der Waals surface area contributed by atoms with Crippen molar-refractivity contribution in [1.29, 1.82) is 0 Å². The van der Waals surface area contributed by atoms with E-state index in [1.807, 2.05) is 18.4 Å². The van der Waals surface area contributed by atoms with Gasteiger partial charge in [0, 0.05) is 35.8 Å². The fourth-order valence-corrected chi connectivity index (χ4v) is 10.0. The summed E-state index contributed by atoms with van der Waals surface area (Å²) in [5, 5.41) is 23.7. The minimum Gasteiger partial charge on any atom is -0.390 e. The molecule has 6 rings (SSSR count). The summed E-state index contributed by atoms with van der Waals surface area (Å²) < 4.78 is 33.0. The molecule has 5 aliphatic rings. The van der Waals surface area contributed by atoms with Crippen molar-refractivity contribution in [3.63, 3.8) is 0 Å². The van der Waals surface area contributed by atoms with Crippen LogP contribution in [0.1, 0.15) is 38.0 Å². The summed E-state index contributed by atoms with van der Waals surface area (Å²) in [6, 6.07) is 4.05. The van der Waals surface area contributed by atoms with E-state index in [-0.39, 0.29) is 41.8 Å². The molecule has 0 amide bonds. The van der Waals surface area contributed by atoms with E-state index >= 15 is 8.78 Å². The van der Waals surface area contributed by atoms with Gasteiger partial charge in [-0.25, -0.2) is 8.78 Å². The summed E-state index contributed by atoms with van der Waals surface area (Å²) in [6.45, 7) is 4.74. The van der Waals surface area contributed by atoms with Gasteiger partial charge in [0.1, 0.15) is 12.8 Å². The molecule has 1 saturated heterocycles. The second-order valence-electron chi connectivity index (χ2n) is 12.1. The van der Waals surface area contributed by atoms with Gasteiger partial charge in [0.2, 0.25) is 0 Å². The molecule has 194 valence electrons. The molecule has 0 aromatic carbocycles. The second-order valence-corrected chi connectivity index (χ2v) is 13.1. The first-order chi connectivity index (χ1) is 17.0. The molecular weight excluding hydrogens is 484 g/mol. The number of Topliss-reactive ketones (excluding diaryl/α,β-unsaturated/α-hetero) is 1. The third-order valence-electron chi connectivity index (χ3n) is 10.8. The molecule has 1 aromatic rings. The first-order valence-corrected chi connectivity index (χ1v) is 13.7. The van der Waals surface area contributed by atoms with Crippen molar-refractivity contribution in [3.8, 4) is 0 Å². The number of aliphatic hydroxyl groups is 2. The summed E-state index contributed by atoms with van der Waals surface area (Å²) >= 11 is 1.66. The second kappa shape index (κ2) is 7.88. The number of hydrogen-bond acceptors (Lipinski definition) is 6. The van der Waals surface area contributed by atoms with Crippen LogP contribution in [0.2, 0.25) is 0 Å². The normalized spacial score (nSPS) is 47.7. The SMILES string of the molecule is C[C@]12C=CC(=O)C=C1[C@@H](F)C[C@H]1[C@@H]3C[C@H]4CN(Cc5cccs5)C[C@@]4(C(=O)CO)[C@@]3(C)C[C@H](O)[C@@]12F.